The molecule has 0 saturated heterocycles. The Hall–Kier alpha value is -3.05. The Bertz CT molecular complexity index is 777. The molecule has 0 radical (unpaired) electrons. The van der Waals surface area contributed by atoms with E-state index in [1.54, 1.807) is 17.5 Å². The van der Waals surface area contributed by atoms with Crippen molar-refractivity contribution >= 4 is 46.2 Å². The van der Waals surface area contributed by atoms with E-state index in [1.165, 1.54) is 35.6 Å². The van der Waals surface area contributed by atoms with Crippen LogP contribution in [0.5, 0.6) is 5.75 Å². The predicted molar refractivity (Wildman–Crippen MR) is 94.3 cm³/mol. The molecule has 1 heterocycles. The second-order valence-corrected chi connectivity index (χ2v) is 5.83. The summed E-state index contributed by atoms with van der Waals surface area (Å²) in [5, 5.41) is 14.6. The molecule has 0 spiro atoms. The lowest BCUT2D eigenvalue weighted by molar-refractivity contribution is -0.384. The summed E-state index contributed by atoms with van der Waals surface area (Å²) in [4.78, 5) is 33.8. The van der Waals surface area contributed by atoms with E-state index in [4.69, 9.17) is 17.0 Å². The molecule has 2 rings (SSSR count). The fraction of sp³-hybridized carbons (Fsp3) is 0.0714. The van der Waals surface area contributed by atoms with Gasteiger partial charge in [-0.1, -0.05) is 6.07 Å². The molecule has 0 bridgehead atoms. The fourth-order valence-electron chi connectivity index (χ4n) is 1.58. The minimum absolute atomic E-state index is 0.0675. The van der Waals surface area contributed by atoms with Crippen molar-refractivity contribution in [2.75, 3.05) is 6.61 Å². The van der Waals surface area contributed by atoms with E-state index < -0.39 is 10.8 Å². The van der Waals surface area contributed by atoms with Crippen molar-refractivity contribution in [2.45, 2.75) is 0 Å². The summed E-state index contributed by atoms with van der Waals surface area (Å²) >= 11 is 6.14. The van der Waals surface area contributed by atoms with E-state index in [0.29, 0.717) is 10.6 Å². The van der Waals surface area contributed by atoms with Gasteiger partial charge in [-0.15, -0.1) is 11.3 Å². The van der Waals surface area contributed by atoms with Gasteiger partial charge in [0, 0.05) is 12.1 Å². The molecule has 1 aromatic heterocycles. The molecular formula is C14H12N4O5S2. The SMILES string of the molecule is O=C(COc1ccc([N+](=O)[O-])cc1)NNC(=S)NC(=O)c1cccs1. The van der Waals surface area contributed by atoms with Crippen molar-refractivity contribution in [1.29, 1.82) is 0 Å². The number of non-ortho nitro benzene ring substituents is 1. The van der Waals surface area contributed by atoms with E-state index in [1.807, 2.05) is 0 Å². The summed E-state index contributed by atoms with van der Waals surface area (Å²) in [6, 6.07) is 8.66. The molecular weight excluding hydrogens is 368 g/mol. The first kappa shape index (κ1) is 18.3. The summed E-state index contributed by atoms with van der Waals surface area (Å²) in [5.41, 5.74) is 4.55. The molecule has 0 unspecified atom stereocenters. The van der Waals surface area contributed by atoms with Gasteiger partial charge in [0.25, 0.3) is 17.5 Å². The average molecular weight is 380 g/mol. The highest BCUT2D eigenvalue weighted by Crippen LogP contribution is 2.16. The molecule has 11 heteroatoms. The Morgan fingerprint density at radius 3 is 2.52 bits per heavy atom. The van der Waals surface area contributed by atoms with Gasteiger partial charge in [-0.25, -0.2) is 0 Å². The summed E-state index contributed by atoms with van der Waals surface area (Å²) in [7, 11) is 0. The number of nitrogens with one attached hydrogen (secondary N) is 3. The number of thiophene rings is 1. The van der Waals surface area contributed by atoms with Crippen LogP contribution >= 0.6 is 23.6 Å². The van der Waals surface area contributed by atoms with Crippen LogP contribution in [0.2, 0.25) is 0 Å². The molecule has 1 aromatic carbocycles. The van der Waals surface area contributed by atoms with E-state index >= 15 is 0 Å². The number of rotatable bonds is 5. The Kier molecular flexibility index (Phi) is 6.37. The molecule has 0 saturated carbocycles. The number of nitrogens with zero attached hydrogens (tertiary/aromatic N) is 1. The highest BCUT2D eigenvalue weighted by atomic mass is 32.1. The van der Waals surface area contributed by atoms with Gasteiger partial charge in [0.2, 0.25) is 0 Å². The number of hydrogen-bond donors (Lipinski definition) is 3. The Morgan fingerprint density at radius 1 is 1.20 bits per heavy atom. The largest absolute Gasteiger partial charge is 0.484 e. The number of carbonyl (C=O) groups excluding carboxylic acids is 2. The molecule has 0 aliphatic rings. The van der Waals surface area contributed by atoms with E-state index in [-0.39, 0.29) is 23.3 Å². The fourth-order valence-corrected chi connectivity index (χ4v) is 2.34. The van der Waals surface area contributed by atoms with Gasteiger partial charge in [0.05, 0.1) is 9.80 Å². The lowest BCUT2D eigenvalue weighted by atomic mass is 10.3. The summed E-state index contributed by atoms with van der Waals surface area (Å²) in [5.74, 6) is -0.635. The number of amides is 2. The molecule has 0 aliphatic heterocycles. The van der Waals surface area contributed by atoms with Crippen LogP contribution in [0.25, 0.3) is 0 Å². The number of carbonyl (C=O) groups is 2. The Morgan fingerprint density at radius 2 is 1.92 bits per heavy atom. The van der Waals surface area contributed by atoms with Crippen LogP contribution in [0.15, 0.2) is 41.8 Å². The van der Waals surface area contributed by atoms with Crippen LogP contribution in [0, 0.1) is 10.1 Å². The highest BCUT2D eigenvalue weighted by Gasteiger charge is 2.10. The Balaban J connectivity index is 1.70. The zero-order chi connectivity index (χ0) is 18.2. The quantitative estimate of drug-likeness (QED) is 0.407. The van der Waals surface area contributed by atoms with Crippen molar-refractivity contribution in [1.82, 2.24) is 16.2 Å². The van der Waals surface area contributed by atoms with Crippen molar-refractivity contribution in [3.8, 4) is 5.75 Å². The van der Waals surface area contributed by atoms with Crippen molar-refractivity contribution in [2.24, 2.45) is 0 Å². The standard InChI is InChI=1S/C14H12N4O5S2/c19-12(8-23-10-5-3-9(4-6-10)18(21)22)16-17-14(24)15-13(20)11-2-1-7-25-11/h1-7H,8H2,(H,16,19)(H2,15,17,20,24). The molecule has 0 aliphatic carbocycles. The summed E-state index contributed by atoms with van der Waals surface area (Å²) in [6.07, 6.45) is 0. The van der Waals surface area contributed by atoms with E-state index in [2.05, 4.69) is 16.2 Å². The monoisotopic (exact) mass is 380 g/mol. The van der Waals surface area contributed by atoms with Gasteiger partial charge in [0.1, 0.15) is 5.75 Å². The normalized spacial score (nSPS) is 9.76. The summed E-state index contributed by atoms with van der Waals surface area (Å²) in [6.45, 7) is -0.341. The third-order valence-corrected chi connectivity index (χ3v) is 3.78. The zero-order valence-corrected chi connectivity index (χ0v) is 14.2. The number of nitro benzene ring substituents is 1. The number of ether oxygens (including phenoxy) is 1. The Labute approximate surface area is 151 Å². The molecule has 0 atom stereocenters. The van der Waals surface area contributed by atoms with Crippen LogP contribution in [-0.4, -0.2) is 28.5 Å². The smallest absolute Gasteiger partial charge is 0.276 e. The van der Waals surface area contributed by atoms with Crippen LogP contribution in [0.4, 0.5) is 5.69 Å². The van der Waals surface area contributed by atoms with Crippen LogP contribution < -0.4 is 20.9 Å². The second kappa shape index (κ2) is 8.70. The molecule has 2 aromatic rings. The van der Waals surface area contributed by atoms with Crippen LogP contribution in [0.3, 0.4) is 0 Å². The minimum atomic E-state index is -0.550. The maximum atomic E-state index is 11.7. The lowest BCUT2D eigenvalue weighted by Gasteiger charge is -2.10. The van der Waals surface area contributed by atoms with Crippen molar-refractivity contribution in [3.05, 3.63) is 56.8 Å². The molecule has 130 valence electrons. The molecule has 25 heavy (non-hydrogen) atoms. The van der Waals surface area contributed by atoms with Gasteiger partial charge in [-0.3, -0.25) is 35.9 Å². The number of hydrazine groups is 1. The topological polar surface area (TPSA) is 123 Å². The first-order valence-corrected chi connectivity index (χ1v) is 8.05. The third-order valence-electron chi connectivity index (χ3n) is 2.70. The minimum Gasteiger partial charge on any atom is -0.484 e. The van der Waals surface area contributed by atoms with Gasteiger partial charge >= 0.3 is 0 Å². The second-order valence-electron chi connectivity index (χ2n) is 4.47. The number of nitro groups is 1. The first-order chi connectivity index (χ1) is 12.0. The maximum absolute atomic E-state index is 11.7. The number of thiocarbonyl (C=S) groups is 1. The molecule has 0 fully saturated rings. The zero-order valence-electron chi connectivity index (χ0n) is 12.6. The van der Waals surface area contributed by atoms with Gasteiger partial charge < -0.3 is 4.74 Å². The van der Waals surface area contributed by atoms with E-state index in [9.17, 15) is 19.7 Å². The predicted octanol–water partition coefficient (Wildman–Crippen LogP) is 1.37. The first-order valence-electron chi connectivity index (χ1n) is 6.76. The van der Waals surface area contributed by atoms with Crippen LogP contribution in [0.1, 0.15) is 9.67 Å². The molecule has 9 nitrogen and oxygen atoms in total. The van der Waals surface area contributed by atoms with Crippen molar-refractivity contribution in [3.63, 3.8) is 0 Å². The number of benzene rings is 1. The lowest BCUT2D eigenvalue weighted by Crippen LogP contribution is -2.49. The molecule has 3 N–H and O–H groups in total. The number of hydrogen-bond acceptors (Lipinski definition) is 7. The van der Waals surface area contributed by atoms with E-state index in [0.717, 1.165) is 0 Å². The summed E-state index contributed by atoms with van der Waals surface area (Å²) < 4.78 is 5.17. The molecule has 2 amide bonds. The highest BCUT2D eigenvalue weighted by molar-refractivity contribution is 7.80. The van der Waals surface area contributed by atoms with Gasteiger partial charge in [-0.2, -0.15) is 0 Å². The van der Waals surface area contributed by atoms with Gasteiger partial charge in [-0.05, 0) is 35.8 Å². The van der Waals surface area contributed by atoms with Crippen molar-refractivity contribution < 1.29 is 19.2 Å². The van der Waals surface area contributed by atoms with Gasteiger partial charge in [0.15, 0.2) is 11.7 Å². The average Bonchev–Trinajstić information content (AvgIpc) is 3.13. The van der Waals surface area contributed by atoms with Crippen LogP contribution in [-0.2, 0) is 4.79 Å². The maximum Gasteiger partial charge on any atom is 0.276 e. The third kappa shape index (κ3) is 5.82.